The van der Waals surface area contributed by atoms with E-state index in [-0.39, 0.29) is 12.0 Å². The Hall–Kier alpha value is -3.94. The fourth-order valence-corrected chi connectivity index (χ4v) is 4.17. The quantitative estimate of drug-likeness (QED) is 0.680. The van der Waals surface area contributed by atoms with Crippen LogP contribution in [0.5, 0.6) is 5.88 Å². The van der Waals surface area contributed by atoms with Crippen LogP contribution in [0.2, 0.25) is 0 Å². The number of aliphatic imine (C=N–C) groups is 1. The van der Waals surface area contributed by atoms with Crippen molar-refractivity contribution >= 4 is 23.0 Å². The highest BCUT2D eigenvalue weighted by atomic mass is 16.5. The maximum atomic E-state index is 11.6. The van der Waals surface area contributed by atoms with Gasteiger partial charge in [0.2, 0.25) is 11.8 Å². The maximum absolute atomic E-state index is 11.6. The Labute approximate surface area is 178 Å². The molecule has 1 amide bonds. The van der Waals surface area contributed by atoms with Gasteiger partial charge in [-0.05, 0) is 37.1 Å². The second kappa shape index (κ2) is 7.39. The van der Waals surface area contributed by atoms with Crippen LogP contribution < -0.4 is 16.2 Å². The number of aryl methyl sites for hydroxylation is 1. The monoisotopic (exact) mass is 414 g/mol. The van der Waals surface area contributed by atoms with Crippen molar-refractivity contribution in [3.63, 3.8) is 0 Å². The highest BCUT2D eigenvalue weighted by molar-refractivity contribution is 5.99. The number of carbonyl (C=O) groups excluding carboxylic acids is 1. The number of rotatable bonds is 4. The number of primary amides is 1. The normalized spacial score (nSPS) is 19.8. The Morgan fingerprint density at radius 3 is 2.90 bits per heavy atom. The summed E-state index contributed by atoms with van der Waals surface area (Å²) in [6.07, 6.45) is 11.3. The summed E-state index contributed by atoms with van der Waals surface area (Å²) in [5.41, 5.74) is 16.6. The minimum absolute atomic E-state index is 0.0675. The van der Waals surface area contributed by atoms with Gasteiger partial charge in [0, 0.05) is 41.4 Å². The Morgan fingerprint density at radius 2 is 2.10 bits per heavy atom. The third-order valence-electron chi connectivity index (χ3n) is 5.74. The minimum Gasteiger partial charge on any atom is -0.472 e. The number of anilines is 1. The highest BCUT2D eigenvalue weighted by Gasteiger charge is 2.30. The van der Waals surface area contributed by atoms with Crippen LogP contribution in [0.4, 0.5) is 5.69 Å². The molecule has 2 unspecified atom stereocenters. The Kier molecular flexibility index (Phi) is 4.54. The molecule has 2 aromatic heterocycles. The summed E-state index contributed by atoms with van der Waals surface area (Å²) in [7, 11) is 0. The Morgan fingerprint density at radius 1 is 1.23 bits per heavy atom. The van der Waals surface area contributed by atoms with Gasteiger partial charge < -0.3 is 16.2 Å². The van der Waals surface area contributed by atoms with Crippen LogP contribution in [0.3, 0.4) is 0 Å². The number of fused-ring (bicyclic) bond motifs is 2. The number of carbonyl (C=O) groups is 1. The molecule has 31 heavy (non-hydrogen) atoms. The van der Waals surface area contributed by atoms with Crippen LogP contribution >= 0.6 is 0 Å². The van der Waals surface area contributed by atoms with E-state index in [2.05, 4.69) is 33.3 Å². The molecule has 4 N–H and O–H groups in total. The van der Waals surface area contributed by atoms with Crippen molar-refractivity contribution in [2.45, 2.75) is 25.9 Å². The lowest BCUT2D eigenvalue weighted by Crippen LogP contribution is -2.35. The van der Waals surface area contributed by atoms with E-state index < -0.39 is 5.91 Å². The van der Waals surface area contributed by atoms with E-state index >= 15 is 0 Å². The molecule has 2 atom stereocenters. The van der Waals surface area contributed by atoms with Gasteiger partial charge in [-0.1, -0.05) is 18.2 Å². The lowest BCUT2D eigenvalue weighted by Gasteiger charge is -2.30. The molecule has 0 spiro atoms. The minimum atomic E-state index is -0.456. The largest absolute Gasteiger partial charge is 0.472 e. The van der Waals surface area contributed by atoms with Crippen LogP contribution in [-0.2, 0) is 0 Å². The van der Waals surface area contributed by atoms with Crippen LogP contribution in [0, 0.1) is 12.8 Å². The second-order valence-electron chi connectivity index (χ2n) is 7.79. The van der Waals surface area contributed by atoms with Gasteiger partial charge in [-0.15, -0.1) is 5.10 Å². The molecule has 0 radical (unpaired) electrons. The van der Waals surface area contributed by atoms with E-state index in [0.717, 1.165) is 35.4 Å². The third-order valence-corrected chi connectivity index (χ3v) is 5.74. The van der Waals surface area contributed by atoms with E-state index in [1.165, 1.54) is 0 Å². The van der Waals surface area contributed by atoms with Crippen molar-refractivity contribution < 1.29 is 9.53 Å². The second-order valence-corrected chi connectivity index (χ2v) is 7.79. The predicted molar refractivity (Wildman–Crippen MR) is 119 cm³/mol. The fourth-order valence-electron chi connectivity index (χ4n) is 4.17. The van der Waals surface area contributed by atoms with E-state index in [0.29, 0.717) is 22.8 Å². The topological polar surface area (TPSA) is 121 Å². The van der Waals surface area contributed by atoms with Crippen LogP contribution in [-0.4, -0.2) is 32.3 Å². The standard InChI is InChI=1S/C23H22N6O2/c1-13-10-14(7-8-15(13)22(25)30)19-12-27-23-17(24)11-21(28-29(19)23)31-20-6-2-5-18-16(20)4-3-9-26-18/h2-3,5,7-12,16,20H,4,6,24H2,1H3,(H2,25,30). The number of nitrogens with zero attached hydrogens (tertiary/aromatic N) is 4. The van der Waals surface area contributed by atoms with Crippen molar-refractivity contribution in [3.05, 3.63) is 66.0 Å². The highest BCUT2D eigenvalue weighted by Crippen LogP contribution is 2.30. The number of benzene rings is 1. The molecule has 0 fully saturated rings. The number of amides is 1. The van der Waals surface area contributed by atoms with Gasteiger partial charge >= 0.3 is 0 Å². The Balaban J connectivity index is 1.51. The Bertz CT molecular complexity index is 1290. The molecule has 2 aliphatic rings. The zero-order chi connectivity index (χ0) is 21.5. The van der Waals surface area contributed by atoms with Gasteiger partial charge in [-0.2, -0.15) is 0 Å². The maximum Gasteiger partial charge on any atom is 0.248 e. The summed E-state index contributed by atoms with van der Waals surface area (Å²) >= 11 is 0. The number of hydrogen-bond acceptors (Lipinski definition) is 6. The molecule has 156 valence electrons. The predicted octanol–water partition coefficient (Wildman–Crippen LogP) is 3.07. The average Bonchev–Trinajstić information content (AvgIpc) is 3.18. The summed E-state index contributed by atoms with van der Waals surface area (Å²) in [5, 5.41) is 4.67. The van der Waals surface area contributed by atoms with Crippen molar-refractivity contribution in [1.82, 2.24) is 14.6 Å². The molecule has 8 heteroatoms. The summed E-state index contributed by atoms with van der Waals surface area (Å²) in [5.74, 6) is 0.172. The van der Waals surface area contributed by atoms with E-state index in [1.54, 1.807) is 22.8 Å². The first-order valence-corrected chi connectivity index (χ1v) is 10.1. The van der Waals surface area contributed by atoms with Crippen LogP contribution in [0.15, 0.2) is 59.9 Å². The molecule has 8 nitrogen and oxygen atoms in total. The summed E-state index contributed by atoms with van der Waals surface area (Å²) in [6.45, 7) is 1.84. The smallest absolute Gasteiger partial charge is 0.248 e. The number of allylic oxidation sites excluding steroid dienone is 2. The van der Waals surface area contributed by atoms with Gasteiger partial charge in [-0.3, -0.25) is 9.79 Å². The molecule has 3 aromatic rings. The molecule has 1 aromatic carbocycles. The first-order valence-electron chi connectivity index (χ1n) is 10.1. The number of nitrogens with two attached hydrogens (primary N) is 2. The first kappa shape index (κ1) is 19.0. The zero-order valence-corrected chi connectivity index (χ0v) is 17.0. The number of nitrogen functional groups attached to an aromatic ring is 1. The van der Waals surface area contributed by atoms with Gasteiger partial charge in [0.1, 0.15) is 6.10 Å². The molecule has 1 aliphatic heterocycles. The summed E-state index contributed by atoms with van der Waals surface area (Å²) < 4.78 is 7.96. The van der Waals surface area contributed by atoms with Gasteiger partial charge in [-0.25, -0.2) is 9.50 Å². The summed E-state index contributed by atoms with van der Waals surface area (Å²) in [4.78, 5) is 20.4. The first-order chi connectivity index (χ1) is 15.0. The molecule has 1 aliphatic carbocycles. The summed E-state index contributed by atoms with van der Waals surface area (Å²) in [6, 6.07) is 7.13. The number of hydrogen-bond donors (Lipinski definition) is 2. The van der Waals surface area contributed by atoms with E-state index in [4.69, 9.17) is 16.2 Å². The van der Waals surface area contributed by atoms with Gasteiger partial charge in [0.05, 0.1) is 17.6 Å². The molecule has 0 saturated heterocycles. The molecule has 5 rings (SSSR count). The molecular weight excluding hydrogens is 392 g/mol. The van der Waals surface area contributed by atoms with Crippen molar-refractivity contribution in [2.75, 3.05) is 5.73 Å². The van der Waals surface area contributed by atoms with Crippen molar-refractivity contribution in [1.29, 1.82) is 0 Å². The van der Waals surface area contributed by atoms with E-state index in [9.17, 15) is 4.79 Å². The van der Waals surface area contributed by atoms with Crippen molar-refractivity contribution in [3.8, 4) is 17.1 Å². The molecular formula is C23H22N6O2. The van der Waals surface area contributed by atoms with Crippen LogP contribution in [0.25, 0.3) is 16.9 Å². The average molecular weight is 414 g/mol. The van der Waals surface area contributed by atoms with E-state index in [1.807, 2.05) is 25.3 Å². The molecule has 0 bridgehead atoms. The zero-order valence-electron chi connectivity index (χ0n) is 17.0. The molecule has 3 heterocycles. The third kappa shape index (κ3) is 3.35. The fraction of sp³-hybridized carbons (Fsp3) is 0.217. The van der Waals surface area contributed by atoms with Gasteiger partial charge in [0.15, 0.2) is 5.65 Å². The number of aromatic nitrogens is 3. The van der Waals surface area contributed by atoms with Crippen molar-refractivity contribution in [2.24, 2.45) is 16.6 Å². The van der Waals surface area contributed by atoms with Crippen LogP contribution in [0.1, 0.15) is 28.8 Å². The van der Waals surface area contributed by atoms with Gasteiger partial charge in [0.25, 0.3) is 0 Å². The SMILES string of the molecule is Cc1cc(-c2cnc3c(N)cc(OC4CC=CC5=NC=CCC54)nn23)ccc1C(N)=O. The lowest BCUT2D eigenvalue weighted by molar-refractivity contribution is 0.0999. The number of ether oxygens (including phenoxy) is 1. The molecule has 0 saturated carbocycles. The number of imidazole rings is 1. The lowest BCUT2D eigenvalue weighted by atomic mass is 9.85.